The lowest BCUT2D eigenvalue weighted by Crippen LogP contribution is -2.13. The van der Waals surface area contributed by atoms with E-state index in [1.807, 2.05) is 0 Å². The van der Waals surface area contributed by atoms with E-state index in [1.54, 1.807) is 0 Å². The highest BCUT2D eigenvalue weighted by atomic mass is 16.1. The summed E-state index contributed by atoms with van der Waals surface area (Å²) in [6, 6.07) is 0. The van der Waals surface area contributed by atoms with Gasteiger partial charge in [-0.2, -0.15) is 0 Å². The number of rotatable bonds is 2. The lowest BCUT2D eigenvalue weighted by molar-refractivity contribution is -0.115. The molecule has 1 nitrogen and oxygen atoms in total. The molecule has 0 aromatic carbocycles. The van der Waals surface area contributed by atoms with Gasteiger partial charge in [-0.15, -0.1) is 0 Å². The molecule has 0 N–H and O–H groups in total. The number of allylic oxidation sites excluding steroid dienone is 4. The number of hydrogen-bond acceptors (Lipinski definition) is 1. The Morgan fingerprint density at radius 2 is 2.08 bits per heavy atom. The van der Waals surface area contributed by atoms with Gasteiger partial charge in [-0.1, -0.05) is 32.4 Å². The average molecular weight is 178 g/mol. The number of ketones is 1. The first-order valence-electron chi connectivity index (χ1n) is 4.99. The monoisotopic (exact) mass is 178 g/mol. The van der Waals surface area contributed by atoms with Crippen LogP contribution in [0.3, 0.4) is 0 Å². The van der Waals surface area contributed by atoms with Crippen molar-refractivity contribution >= 4 is 5.78 Å². The van der Waals surface area contributed by atoms with Crippen LogP contribution in [0.4, 0.5) is 0 Å². The van der Waals surface area contributed by atoms with Crippen molar-refractivity contribution in [2.75, 3.05) is 0 Å². The lowest BCUT2D eigenvalue weighted by atomic mass is 9.86. The predicted molar refractivity (Wildman–Crippen MR) is 55.5 cm³/mol. The number of Topliss-reactive ketones (excluding diaryl/α,β-unsaturated/α-hetero) is 1. The summed E-state index contributed by atoms with van der Waals surface area (Å²) in [5.41, 5.74) is 3.60. The molecular weight excluding hydrogens is 160 g/mol. The topological polar surface area (TPSA) is 17.1 Å². The first-order chi connectivity index (χ1) is 6.06. The zero-order chi connectivity index (χ0) is 10.0. The van der Waals surface area contributed by atoms with E-state index in [0.29, 0.717) is 18.1 Å². The van der Waals surface area contributed by atoms with Gasteiger partial charge in [0.15, 0.2) is 5.78 Å². The molecule has 0 radical (unpaired) electrons. The molecule has 0 saturated carbocycles. The van der Waals surface area contributed by atoms with Crippen LogP contribution < -0.4 is 0 Å². The largest absolute Gasteiger partial charge is 0.294 e. The van der Waals surface area contributed by atoms with Crippen LogP contribution in [0.1, 0.15) is 40.5 Å². The maximum Gasteiger partial charge on any atom is 0.163 e. The SMILES string of the molecule is CCC1=C(C)CC(=O)C(C(C)C)=C1. The first-order valence-corrected chi connectivity index (χ1v) is 4.99. The van der Waals surface area contributed by atoms with Crippen LogP contribution in [-0.2, 0) is 4.79 Å². The van der Waals surface area contributed by atoms with E-state index in [1.165, 1.54) is 11.1 Å². The molecule has 0 aromatic rings. The molecule has 0 bridgehead atoms. The summed E-state index contributed by atoms with van der Waals surface area (Å²) in [5, 5.41) is 0. The molecule has 1 rings (SSSR count). The quantitative estimate of drug-likeness (QED) is 0.634. The average Bonchev–Trinajstić information content (AvgIpc) is 2.03. The summed E-state index contributed by atoms with van der Waals surface area (Å²) in [6.07, 6.45) is 3.76. The van der Waals surface area contributed by atoms with Crippen molar-refractivity contribution in [3.63, 3.8) is 0 Å². The number of carbonyl (C=O) groups is 1. The highest BCUT2D eigenvalue weighted by Gasteiger charge is 2.19. The molecule has 0 unspecified atom stereocenters. The van der Waals surface area contributed by atoms with Gasteiger partial charge in [0.2, 0.25) is 0 Å². The van der Waals surface area contributed by atoms with Crippen molar-refractivity contribution < 1.29 is 4.79 Å². The second kappa shape index (κ2) is 3.91. The Balaban J connectivity index is 3.02. The summed E-state index contributed by atoms with van der Waals surface area (Å²) in [6.45, 7) is 8.36. The second-order valence-corrected chi connectivity index (χ2v) is 4.01. The van der Waals surface area contributed by atoms with Crippen molar-refractivity contribution in [1.29, 1.82) is 0 Å². The highest BCUT2D eigenvalue weighted by molar-refractivity contribution is 5.99. The van der Waals surface area contributed by atoms with Gasteiger partial charge in [-0.05, 0) is 30.4 Å². The van der Waals surface area contributed by atoms with Crippen LogP contribution in [-0.4, -0.2) is 5.78 Å². The molecule has 72 valence electrons. The Labute approximate surface area is 80.5 Å². The van der Waals surface area contributed by atoms with Gasteiger partial charge in [0, 0.05) is 6.42 Å². The van der Waals surface area contributed by atoms with E-state index in [-0.39, 0.29) is 0 Å². The Kier molecular flexibility index (Phi) is 3.07. The van der Waals surface area contributed by atoms with Crippen molar-refractivity contribution in [2.45, 2.75) is 40.5 Å². The summed E-state index contributed by atoms with van der Waals surface area (Å²) < 4.78 is 0. The van der Waals surface area contributed by atoms with Crippen molar-refractivity contribution in [1.82, 2.24) is 0 Å². The summed E-state index contributed by atoms with van der Waals surface area (Å²) in [7, 11) is 0. The number of carbonyl (C=O) groups excluding carboxylic acids is 1. The molecule has 1 aliphatic carbocycles. The van der Waals surface area contributed by atoms with E-state index >= 15 is 0 Å². The molecule has 0 amide bonds. The second-order valence-electron chi connectivity index (χ2n) is 4.01. The number of hydrogen-bond donors (Lipinski definition) is 0. The molecule has 1 heteroatoms. The van der Waals surface area contributed by atoms with Crippen molar-refractivity contribution in [2.24, 2.45) is 5.92 Å². The maximum absolute atomic E-state index is 11.6. The summed E-state index contributed by atoms with van der Waals surface area (Å²) >= 11 is 0. The van der Waals surface area contributed by atoms with E-state index in [0.717, 1.165) is 12.0 Å². The van der Waals surface area contributed by atoms with Gasteiger partial charge >= 0.3 is 0 Å². The van der Waals surface area contributed by atoms with E-state index in [9.17, 15) is 4.79 Å². The van der Waals surface area contributed by atoms with Crippen LogP contribution in [0, 0.1) is 5.92 Å². The minimum absolute atomic E-state index is 0.310. The lowest BCUT2D eigenvalue weighted by Gasteiger charge is -2.18. The van der Waals surface area contributed by atoms with E-state index in [2.05, 4.69) is 33.8 Å². The fourth-order valence-corrected chi connectivity index (χ4v) is 1.74. The van der Waals surface area contributed by atoms with Crippen LogP contribution in [0.25, 0.3) is 0 Å². The van der Waals surface area contributed by atoms with Crippen LogP contribution in [0.2, 0.25) is 0 Å². The molecule has 0 aliphatic heterocycles. The fourth-order valence-electron chi connectivity index (χ4n) is 1.74. The Hall–Kier alpha value is -0.850. The molecule has 0 spiro atoms. The van der Waals surface area contributed by atoms with Crippen LogP contribution >= 0.6 is 0 Å². The van der Waals surface area contributed by atoms with Gasteiger partial charge in [0.25, 0.3) is 0 Å². The third-order valence-electron chi connectivity index (χ3n) is 2.63. The molecule has 0 heterocycles. The summed E-state index contributed by atoms with van der Waals surface area (Å²) in [5.74, 6) is 0.673. The zero-order valence-corrected chi connectivity index (χ0v) is 8.98. The third-order valence-corrected chi connectivity index (χ3v) is 2.63. The normalized spacial score (nSPS) is 18.2. The minimum Gasteiger partial charge on any atom is -0.294 e. The highest BCUT2D eigenvalue weighted by Crippen LogP contribution is 2.26. The van der Waals surface area contributed by atoms with E-state index < -0.39 is 0 Å². The Bertz CT molecular complexity index is 279. The van der Waals surface area contributed by atoms with Gasteiger partial charge < -0.3 is 0 Å². The smallest absolute Gasteiger partial charge is 0.163 e. The predicted octanol–water partition coefficient (Wildman–Crippen LogP) is 3.27. The van der Waals surface area contributed by atoms with Gasteiger partial charge in [0.05, 0.1) is 0 Å². The van der Waals surface area contributed by atoms with Crippen LogP contribution in [0.5, 0.6) is 0 Å². The molecule has 0 fully saturated rings. The molecule has 1 aliphatic rings. The molecule has 0 aromatic heterocycles. The first kappa shape index (κ1) is 10.2. The van der Waals surface area contributed by atoms with Crippen LogP contribution in [0.15, 0.2) is 22.8 Å². The van der Waals surface area contributed by atoms with Gasteiger partial charge in [-0.3, -0.25) is 4.79 Å². The van der Waals surface area contributed by atoms with E-state index in [4.69, 9.17) is 0 Å². The molecule has 0 atom stereocenters. The van der Waals surface area contributed by atoms with Crippen molar-refractivity contribution in [3.8, 4) is 0 Å². The van der Waals surface area contributed by atoms with Gasteiger partial charge in [0.1, 0.15) is 0 Å². The standard InChI is InChI=1S/C12H18O/c1-5-10-7-11(8(2)3)12(13)6-9(10)4/h7-8H,5-6H2,1-4H3. The fraction of sp³-hybridized carbons (Fsp3) is 0.583. The molecule has 13 heavy (non-hydrogen) atoms. The Morgan fingerprint density at radius 3 is 2.54 bits per heavy atom. The zero-order valence-electron chi connectivity index (χ0n) is 8.98. The van der Waals surface area contributed by atoms with Crippen molar-refractivity contribution in [3.05, 3.63) is 22.8 Å². The minimum atomic E-state index is 0.310. The molecule has 0 saturated heterocycles. The summed E-state index contributed by atoms with van der Waals surface area (Å²) in [4.78, 5) is 11.6. The molecular formula is C12H18O. The van der Waals surface area contributed by atoms with Gasteiger partial charge in [-0.25, -0.2) is 0 Å². The third kappa shape index (κ3) is 2.09. The maximum atomic E-state index is 11.6. The Morgan fingerprint density at radius 1 is 1.46 bits per heavy atom.